The van der Waals surface area contributed by atoms with Gasteiger partial charge in [-0.3, -0.25) is 38.9 Å². The average molecular weight is 1160 g/mol. The first kappa shape index (κ1) is 61.4. The van der Waals surface area contributed by atoms with Crippen LogP contribution in [0, 0.1) is 0 Å². The highest BCUT2D eigenvalue weighted by atomic mass is 32.3. The molecule has 3 rings (SSSR count). The molecule has 0 bridgehead atoms. The van der Waals surface area contributed by atoms with Crippen LogP contribution in [-0.2, 0) is 142 Å². The van der Waals surface area contributed by atoms with Gasteiger partial charge in [0.25, 0.3) is 0 Å². The molecule has 1 N–H and O–H groups in total. The molecule has 10 atom stereocenters. The molecule has 2 aliphatic rings. The molecule has 70 heavy (non-hydrogen) atoms. The number of carbonyl (C=O) groups excluding carboxylic acids is 2. The van der Waals surface area contributed by atoms with Crippen LogP contribution in [-0.4, -0.2) is 216 Å². The van der Waals surface area contributed by atoms with Crippen LogP contribution in [0.5, 0.6) is 0 Å². The summed E-state index contributed by atoms with van der Waals surface area (Å²) in [5, 5.41) is 2.15. The second-order valence-corrected chi connectivity index (χ2v) is 20.4. The van der Waals surface area contributed by atoms with Crippen molar-refractivity contribution in [3.8, 4) is 0 Å². The molecule has 2 heterocycles. The smallest absolute Gasteiger partial charge is 0.249 e. The van der Waals surface area contributed by atoms with Gasteiger partial charge in [-0.1, -0.05) is 30.3 Å². The van der Waals surface area contributed by atoms with Gasteiger partial charge in [0.05, 0.1) is 26.4 Å². The first-order chi connectivity index (χ1) is 31.8. The van der Waals surface area contributed by atoms with Crippen molar-refractivity contribution in [1.82, 2.24) is 10.2 Å². The van der Waals surface area contributed by atoms with Crippen LogP contribution in [0.25, 0.3) is 0 Å². The van der Waals surface area contributed by atoms with Crippen molar-refractivity contribution in [2.45, 2.75) is 68.0 Å². The first-order valence-electron chi connectivity index (χ1n) is 17.9. The molecule has 1 aromatic rings. The van der Waals surface area contributed by atoms with Gasteiger partial charge in [-0.25, -0.2) is 58.9 Å². The fourth-order valence-corrected chi connectivity index (χ4v) is 9.20. The summed E-state index contributed by atoms with van der Waals surface area (Å²) >= 11 is 0. The van der Waals surface area contributed by atoms with Crippen molar-refractivity contribution in [1.29, 1.82) is 0 Å². The summed E-state index contributed by atoms with van der Waals surface area (Å²) in [6.45, 7) is -7.14. The summed E-state index contributed by atoms with van der Waals surface area (Å²) in [4.78, 5) is 27.3. The normalized spacial score (nSPS) is 26.3. The molecule has 406 valence electrons. The van der Waals surface area contributed by atoms with E-state index in [-0.39, 0.29) is 0 Å². The van der Waals surface area contributed by atoms with Crippen LogP contribution in [0.15, 0.2) is 30.3 Å². The summed E-state index contributed by atoms with van der Waals surface area (Å²) in [7, 11) is -41.2. The van der Waals surface area contributed by atoms with Gasteiger partial charge >= 0.3 is 0 Å². The summed E-state index contributed by atoms with van der Waals surface area (Å²) in [5.74, 6) is -2.24. The average Bonchev–Trinajstić information content (AvgIpc) is 3.16. The number of rotatable bonds is 28. The van der Waals surface area contributed by atoms with E-state index < -0.39 is 192 Å². The Bertz CT molecular complexity index is 2740. The van der Waals surface area contributed by atoms with Gasteiger partial charge in [-0.2, -0.15) is 0 Å². The van der Waals surface area contributed by atoms with Crippen LogP contribution in [0.2, 0.25) is 0 Å². The number of ether oxygens (including phenoxy) is 5. The summed E-state index contributed by atoms with van der Waals surface area (Å²) in [6.07, 6.45) is -26.7. The zero-order valence-corrected chi connectivity index (χ0v) is 39.9. The van der Waals surface area contributed by atoms with Gasteiger partial charge in [-0.05, 0) is 5.56 Å². The maximum absolute atomic E-state index is 13.5. The number of amides is 2. The molecule has 0 aliphatic carbocycles. The quantitative estimate of drug-likeness (QED) is 0.0462. The molecular weight excluding hydrogens is 1120 g/mol. The van der Waals surface area contributed by atoms with E-state index in [9.17, 15) is 100 Å². The first-order valence-corrected chi connectivity index (χ1v) is 27.2. The molecule has 2 saturated heterocycles. The molecule has 0 saturated carbocycles. The van der Waals surface area contributed by atoms with Gasteiger partial charge in [-0.15, -0.1) is 0 Å². The predicted molar refractivity (Wildman–Crippen MR) is 199 cm³/mol. The number of hydrogen-bond acceptors (Lipinski definition) is 35. The fourth-order valence-electron chi connectivity index (χ4n) is 5.96. The van der Waals surface area contributed by atoms with Gasteiger partial charge in [0.1, 0.15) is 43.2 Å². The Morgan fingerprint density at radius 3 is 1.43 bits per heavy atom. The second-order valence-electron chi connectivity index (χ2n) is 13.3. The minimum absolute atomic E-state index is 0.332. The largest absolute Gasteiger partial charge is 0.726 e. The predicted octanol–water partition coefficient (Wildman–Crippen LogP) is -8.19. The number of hydrogen-bond donors (Lipinski definition) is 1. The van der Waals surface area contributed by atoms with E-state index in [1.54, 1.807) is 6.07 Å². The molecule has 0 spiro atoms. The Morgan fingerprint density at radius 2 is 0.986 bits per heavy atom. The lowest BCUT2D eigenvalue weighted by atomic mass is 9.99. The van der Waals surface area contributed by atoms with Crippen molar-refractivity contribution in [3.05, 3.63) is 35.9 Å². The lowest BCUT2D eigenvalue weighted by Crippen LogP contribution is -2.63. The fraction of sp³-hybridized carbons (Fsp3) is 0.692. The highest BCUT2D eigenvalue weighted by Gasteiger charge is 2.53. The van der Waals surface area contributed by atoms with Crippen LogP contribution < -0.4 is 5.32 Å². The molecule has 2 fully saturated rings. The summed E-state index contributed by atoms with van der Waals surface area (Å²) < 4.78 is 295. The maximum atomic E-state index is 13.5. The highest BCUT2D eigenvalue weighted by molar-refractivity contribution is 7.82. The molecule has 0 radical (unpaired) electrons. The summed E-state index contributed by atoms with van der Waals surface area (Å²) in [5.41, 5.74) is 0.332. The number of carbonyl (C=O) groups is 2. The Balaban J connectivity index is 1.83. The van der Waals surface area contributed by atoms with Crippen LogP contribution in [0.3, 0.4) is 0 Å². The molecule has 0 unspecified atom stereocenters. The highest BCUT2D eigenvalue weighted by Crippen LogP contribution is 2.33. The van der Waals surface area contributed by atoms with E-state index in [4.69, 9.17) is 23.7 Å². The van der Waals surface area contributed by atoms with Crippen molar-refractivity contribution >= 4 is 84.6 Å². The topological polar surface area (TPSA) is 561 Å². The van der Waals surface area contributed by atoms with Crippen LogP contribution in [0.1, 0.15) is 5.56 Å². The SMILES string of the molecule is CO[C@H]1O[C@@H](COCC(=O)N(CC(=O)NCCO[C@H]2O[C@@H](COS(=O)(=O)[O-])[C@@H](OS(=O)(=O)[O-])[C@H](OS(=O)(=O)[O-])[C@H]2OS(=O)(=O)[O-])Cc2ccccc2)[C@@H](OS(=O)(=O)[O-])[C@H](OS(=O)(=O)[O-])[C@H]1OS(=O)(=O)[O-]. The van der Waals surface area contributed by atoms with Gasteiger partial charge < -0.3 is 65.8 Å². The molecule has 44 heteroatoms. The molecule has 0 aromatic heterocycles. The zero-order chi connectivity index (χ0) is 53.3. The molecule has 1 aromatic carbocycles. The van der Waals surface area contributed by atoms with Crippen LogP contribution in [0.4, 0.5) is 0 Å². The van der Waals surface area contributed by atoms with Crippen LogP contribution >= 0.6 is 0 Å². The molecule has 2 aliphatic heterocycles. The lowest BCUT2D eigenvalue weighted by Gasteiger charge is -2.45. The standard InChI is InChI=1S/C26H40N2O35S7/c1-52-25-23(62-69(46,47)48)21(60-67(40,41)42)19(58-65(34,35)36)15(56-25)11-53-13-18(30)28(9-14-5-3-2-4-6-14)10-17(29)27-7-8-54-26-24(63-70(49,50)51)22(61-68(43,44)45)20(59-66(37,38)39)16(57-26)12-55-64(31,32)33/h2-6,15-16,19-26H,7-13H2,1H3,(H,27,29)(H,31,32,33)(H,34,35,36)(H,37,38,39)(H,40,41,42)(H,43,44,45)(H,46,47,48)(H,49,50,51)/p-7/t15-,16-,19+,20+,21-,22-,23+,24+,25-,26-/m0/s1. The summed E-state index contributed by atoms with van der Waals surface area (Å²) in [6, 6.07) is 7.44. The van der Waals surface area contributed by atoms with Crippen molar-refractivity contribution in [2.24, 2.45) is 0 Å². The number of nitrogens with zero attached hydrogens (tertiary/aromatic N) is 1. The minimum atomic E-state index is -6.16. The monoisotopic (exact) mass is 1160 g/mol. The van der Waals surface area contributed by atoms with E-state index in [1.165, 1.54) is 24.3 Å². The molecule has 2 amide bonds. The van der Waals surface area contributed by atoms with Gasteiger partial charge in [0, 0.05) is 20.2 Å². The third-order valence-electron chi connectivity index (χ3n) is 8.28. The van der Waals surface area contributed by atoms with Gasteiger partial charge in [0.2, 0.25) is 84.6 Å². The third kappa shape index (κ3) is 22.9. The van der Waals surface area contributed by atoms with E-state index in [0.29, 0.717) is 5.56 Å². The molecular formula is C26H33N2O35S7-7. The Labute approximate surface area is 397 Å². The minimum Gasteiger partial charge on any atom is -0.726 e. The van der Waals surface area contributed by atoms with E-state index in [1.807, 2.05) is 0 Å². The Hall–Kier alpha value is -2.95. The van der Waals surface area contributed by atoms with E-state index >= 15 is 0 Å². The lowest BCUT2D eigenvalue weighted by molar-refractivity contribution is -0.286. The number of nitrogens with one attached hydrogen (secondary N) is 1. The zero-order valence-electron chi connectivity index (χ0n) is 34.2. The van der Waals surface area contributed by atoms with Crippen molar-refractivity contribution in [2.75, 3.05) is 46.6 Å². The Morgan fingerprint density at radius 1 is 0.571 bits per heavy atom. The third-order valence-corrected chi connectivity index (χ3v) is 11.5. The Kier molecular flexibility index (Phi) is 21.8. The van der Waals surface area contributed by atoms with Crippen molar-refractivity contribution < 1.29 is 153 Å². The number of benzene rings is 1. The van der Waals surface area contributed by atoms with Crippen molar-refractivity contribution in [3.63, 3.8) is 0 Å². The second kappa shape index (κ2) is 24.9. The molecule has 37 nitrogen and oxygen atoms in total. The maximum Gasteiger partial charge on any atom is 0.249 e. The van der Waals surface area contributed by atoms with E-state index in [0.717, 1.165) is 12.0 Å². The number of methoxy groups -OCH3 is 1. The van der Waals surface area contributed by atoms with Gasteiger partial charge in [0.15, 0.2) is 24.8 Å². The van der Waals surface area contributed by atoms with E-state index in [2.05, 4.69) is 34.6 Å².